The minimum absolute atomic E-state index is 0.137. The molecule has 1 aliphatic rings. The molecule has 0 unspecified atom stereocenters. The summed E-state index contributed by atoms with van der Waals surface area (Å²) in [5.74, 6) is 6.23. The molecule has 1 aromatic carbocycles. The van der Waals surface area contributed by atoms with Crippen LogP contribution in [0.3, 0.4) is 0 Å². The van der Waals surface area contributed by atoms with Gasteiger partial charge in [-0.1, -0.05) is 49.8 Å². The van der Waals surface area contributed by atoms with Crippen LogP contribution in [0.5, 0.6) is 0 Å². The Hall–Kier alpha value is -1.30. The summed E-state index contributed by atoms with van der Waals surface area (Å²) >= 11 is 0. The van der Waals surface area contributed by atoms with Gasteiger partial charge in [-0.2, -0.15) is 0 Å². The number of aliphatic hydroxyl groups excluding tert-OH is 1. The van der Waals surface area contributed by atoms with Crippen molar-refractivity contribution in [3.8, 4) is 11.8 Å². The Morgan fingerprint density at radius 1 is 1.25 bits per heavy atom. The van der Waals surface area contributed by atoms with Crippen LogP contribution in [0.2, 0.25) is 0 Å². The summed E-state index contributed by atoms with van der Waals surface area (Å²) in [5.41, 5.74) is 2.42. The average molecular weight is 271 g/mol. The molecule has 108 valence electrons. The second-order valence-corrected chi connectivity index (χ2v) is 5.43. The zero-order valence-electron chi connectivity index (χ0n) is 12.4. The SMILES string of the molecule is CCN(Cc1ccccc1C#CCCO)C1CCCC1. The standard InChI is InChI=1S/C18H25NO/c1-2-19(18-12-5-6-13-18)15-17-11-4-3-9-16(17)10-7-8-14-20/h3-4,9,11,18,20H,2,5-6,8,12-15H2,1H3. The van der Waals surface area contributed by atoms with E-state index in [1.807, 2.05) is 6.07 Å². The highest BCUT2D eigenvalue weighted by Gasteiger charge is 2.21. The molecule has 0 radical (unpaired) electrons. The van der Waals surface area contributed by atoms with E-state index in [2.05, 4.69) is 41.9 Å². The van der Waals surface area contributed by atoms with Gasteiger partial charge in [-0.3, -0.25) is 4.90 Å². The molecule has 1 aliphatic carbocycles. The topological polar surface area (TPSA) is 23.5 Å². The van der Waals surface area contributed by atoms with E-state index in [9.17, 15) is 0 Å². The predicted molar refractivity (Wildman–Crippen MR) is 83.4 cm³/mol. The van der Waals surface area contributed by atoms with E-state index in [0.29, 0.717) is 6.42 Å². The van der Waals surface area contributed by atoms with Crippen LogP contribution in [0, 0.1) is 11.8 Å². The van der Waals surface area contributed by atoms with Crippen LogP contribution in [0.15, 0.2) is 24.3 Å². The summed E-state index contributed by atoms with van der Waals surface area (Å²) < 4.78 is 0. The van der Waals surface area contributed by atoms with Crippen LogP contribution < -0.4 is 0 Å². The lowest BCUT2D eigenvalue weighted by atomic mass is 10.1. The van der Waals surface area contributed by atoms with Crippen LogP contribution in [0.4, 0.5) is 0 Å². The van der Waals surface area contributed by atoms with Crippen molar-refractivity contribution in [1.29, 1.82) is 0 Å². The normalized spacial score (nSPS) is 15.3. The maximum absolute atomic E-state index is 8.83. The monoisotopic (exact) mass is 271 g/mol. The third-order valence-electron chi connectivity index (χ3n) is 4.10. The molecule has 0 atom stereocenters. The molecule has 0 bridgehead atoms. The summed E-state index contributed by atoms with van der Waals surface area (Å²) in [5, 5.41) is 8.83. The second kappa shape index (κ2) is 8.09. The van der Waals surface area contributed by atoms with Crippen molar-refractivity contribution in [2.45, 2.75) is 51.6 Å². The lowest BCUT2D eigenvalue weighted by Crippen LogP contribution is -2.32. The van der Waals surface area contributed by atoms with Crippen molar-refractivity contribution in [2.24, 2.45) is 0 Å². The minimum Gasteiger partial charge on any atom is -0.395 e. The molecular formula is C18H25NO. The van der Waals surface area contributed by atoms with Crippen molar-refractivity contribution >= 4 is 0 Å². The van der Waals surface area contributed by atoms with E-state index >= 15 is 0 Å². The molecule has 2 heteroatoms. The predicted octanol–water partition coefficient (Wildman–Crippen LogP) is 3.19. The Morgan fingerprint density at radius 2 is 2.00 bits per heavy atom. The van der Waals surface area contributed by atoms with Gasteiger partial charge in [-0.15, -0.1) is 0 Å². The van der Waals surface area contributed by atoms with Crippen LogP contribution in [0.1, 0.15) is 50.2 Å². The third-order valence-corrected chi connectivity index (χ3v) is 4.10. The number of hydrogen-bond donors (Lipinski definition) is 1. The molecule has 0 amide bonds. The van der Waals surface area contributed by atoms with E-state index < -0.39 is 0 Å². The van der Waals surface area contributed by atoms with Gasteiger partial charge in [-0.25, -0.2) is 0 Å². The van der Waals surface area contributed by atoms with E-state index in [-0.39, 0.29) is 6.61 Å². The maximum Gasteiger partial charge on any atom is 0.0540 e. The summed E-state index contributed by atoms with van der Waals surface area (Å²) in [6.45, 7) is 4.48. The van der Waals surface area contributed by atoms with Crippen LogP contribution in [-0.2, 0) is 6.54 Å². The quantitative estimate of drug-likeness (QED) is 0.831. The highest BCUT2D eigenvalue weighted by Crippen LogP contribution is 2.25. The fourth-order valence-electron chi connectivity index (χ4n) is 2.98. The van der Waals surface area contributed by atoms with E-state index in [1.54, 1.807) is 0 Å². The van der Waals surface area contributed by atoms with Crippen molar-refractivity contribution in [1.82, 2.24) is 4.90 Å². The Bertz CT molecular complexity index is 466. The molecule has 2 nitrogen and oxygen atoms in total. The van der Waals surface area contributed by atoms with Crippen molar-refractivity contribution in [3.63, 3.8) is 0 Å². The molecule has 1 N–H and O–H groups in total. The molecule has 0 saturated heterocycles. The fourth-order valence-corrected chi connectivity index (χ4v) is 2.98. The van der Waals surface area contributed by atoms with Gasteiger partial charge in [0.1, 0.15) is 0 Å². The fraction of sp³-hybridized carbons (Fsp3) is 0.556. The van der Waals surface area contributed by atoms with Gasteiger partial charge in [0.15, 0.2) is 0 Å². The van der Waals surface area contributed by atoms with Gasteiger partial charge >= 0.3 is 0 Å². The molecule has 2 rings (SSSR count). The third kappa shape index (κ3) is 4.10. The largest absolute Gasteiger partial charge is 0.395 e. The maximum atomic E-state index is 8.83. The van der Waals surface area contributed by atoms with Crippen LogP contribution in [-0.4, -0.2) is 29.2 Å². The number of aliphatic hydroxyl groups is 1. The van der Waals surface area contributed by atoms with Gasteiger partial charge < -0.3 is 5.11 Å². The summed E-state index contributed by atoms with van der Waals surface area (Å²) in [7, 11) is 0. The second-order valence-electron chi connectivity index (χ2n) is 5.43. The van der Waals surface area contributed by atoms with Gasteiger partial charge in [0, 0.05) is 24.6 Å². The molecule has 20 heavy (non-hydrogen) atoms. The van der Waals surface area contributed by atoms with E-state index in [4.69, 9.17) is 5.11 Å². The van der Waals surface area contributed by atoms with Crippen LogP contribution in [0.25, 0.3) is 0 Å². The number of benzene rings is 1. The Morgan fingerprint density at radius 3 is 2.70 bits per heavy atom. The molecule has 0 aromatic heterocycles. The first-order valence-corrected chi connectivity index (χ1v) is 7.76. The molecule has 0 heterocycles. The number of nitrogens with zero attached hydrogens (tertiary/aromatic N) is 1. The molecule has 1 saturated carbocycles. The molecule has 1 fully saturated rings. The first-order chi connectivity index (χ1) is 9.85. The zero-order valence-corrected chi connectivity index (χ0v) is 12.4. The van der Waals surface area contributed by atoms with Crippen molar-refractivity contribution in [3.05, 3.63) is 35.4 Å². The zero-order chi connectivity index (χ0) is 14.2. The van der Waals surface area contributed by atoms with E-state index in [1.165, 1.54) is 31.2 Å². The first-order valence-electron chi connectivity index (χ1n) is 7.76. The Kier molecular flexibility index (Phi) is 6.11. The van der Waals surface area contributed by atoms with Crippen molar-refractivity contribution < 1.29 is 5.11 Å². The molecule has 0 aliphatic heterocycles. The lowest BCUT2D eigenvalue weighted by Gasteiger charge is -2.27. The lowest BCUT2D eigenvalue weighted by molar-refractivity contribution is 0.200. The van der Waals surface area contributed by atoms with E-state index in [0.717, 1.165) is 24.7 Å². The summed E-state index contributed by atoms with van der Waals surface area (Å²) in [4.78, 5) is 2.58. The highest BCUT2D eigenvalue weighted by atomic mass is 16.2. The number of hydrogen-bond acceptors (Lipinski definition) is 2. The summed E-state index contributed by atoms with van der Waals surface area (Å²) in [6.07, 6.45) is 5.98. The average Bonchev–Trinajstić information content (AvgIpc) is 3.00. The van der Waals surface area contributed by atoms with Gasteiger partial charge in [0.05, 0.1) is 6.61 Å². The number of rotatable bonds is 5. The molecular weight excluding hydrogens is 246 g/mol. The molecule has 0 spiro atoms. The van der Waals surface area contributed by atoms with Gasteiger partial charge in [0.25, 0.3) is 0 Å². The summed E-state index contributed by atoms with van der Waals surface area (Å²) in [6, 6.07) is 9.15. The minimum atomic E-state index is 0.137. The molecule has 1 aromatic rings. The van der Waals surface area contributed by atoms with Gasteiger partial charge in [-0.05, 0) is 31.0 Å². The Labute approximate surface area is 122 Å². The first kappa shape index (κ1) is 15.1. The smallest absolute Gasteiger partial charge is 0.0540 e. The van der Waals surface area contributed by atoms with Crippen LogP contribution >= 0.6 is 0 Å². The Balaban J connectivity index is 2.09. The van der Waals surface area contributed by atoms with Gasteiger partial charge in [0.2, 0.25) is 0 Å². The highest BCUT2D eigenvalue weighted by molar-refractivity contribution is 5.41. The van der Waals surface area contributed by atoms with Crippen molar-refractivity contribution in [2.75, 3.05) is 13.2 Å².